The van der Waals surface area contributed by atoms with Crippen LogP contribution >= 0.6 is 0 Å². The summed E-state index contributed by atoms with van der Waals surface area (Å²) in [6.07, 6.45) is 1.62. The zero-order valence-electron chi connectivity index (χ0n) is 15.3. The quantitative estimate of drug-likeness (QED) is 0.772. The Morgan fingerprint density at radius 2 is 1.89 bits per heavy atom. The van der Waals surface area contributed by atoms with Gasteiger partial charge in [-0.15, -0.1) is 0 Å². The molecule has 7 nitrogen and oxygen atoms in total. The first-order valence-corrected chi connectivity index (χ1v) is 9.07. The first-order chi connectivity index (χ1) is 13.2. The van der Waals surface area contributed by atoms with Crippen LogP contribution < -0.4 is 10.3 Å². The van der Waals surface area contributed by atoms with Gasteiger partial charge in [0.25, 0.3) is 0 Å². The molecule has 4 rings (SSSR count). The van der Waals surface area contributed by atoms with Gasteiger partial charge in [-0.1, -0.05) is 30.3 Å². The van der Waals surface area contributed by atoms with E-state index < -0.39 is 0 Å². The molecule has 1 fully saturated rings. The van der Waals surface area contributed by atoms with Crippen molar-refractivity contribution in [1.82, 2.24) is 14.6 Å². The number of amides is 2. The fraction of sp³-hybridized carbons (Fsp3) is 0.300. The van der Waals surface area contributed by atoms with Crippen molar-refractivity contribution in [3.8, 4) is 0 Å². The molecule has 7 heteroatoms. The normalized spacial score (nSPS) is 14.3. The topological polar surface area (TPSA) is 62.6 Å². The van der Waals surface area contributed by atoms with Crippen LogP contribution in [0.15, 0.2) is 54.9 Å². The third-order valence-corrected chi connectivity index (χ3v) is 4.77. The van der Waals surface area contributed by atoms with Crippen molar-refractivity contribution < 1.29 is 9.53 Å². The smallest absolute Gasteiger partial charge is 0.336 e. The summed E-state index contributed by atoms with van der Waals surface area (Å²) >= 11 is 0. The second-order valence-corrected chi connectivity index (χ2v) is 6.60. The lowest BCUT2D eigenvalue weighted by Crippen LogP contribution is -2.38. The van der Waals surface area contributed by atoms with Gasteiger partial charge in [0.2, 0.25) is 0 Å². The molecule has 0 saturated carbocycles. The standard InChI is InChI=1S/C20H23N5O2/c1-23(20(26)22-25-15-21-17-7-3-5-9-19(17)25)14-16-6-2-4-8-18(16)24-10-12-27-13-11-24/h2-9,15H,10-14H2,1H3,(H,22,26). The summed E-state index contributed by atoms with van der Waals surface area (Å²) in [7, 11) is 1.80. The molecule has 1 aromatic heterocycles. The highest BCUT2D eigenvalue weighted by molar-refractivity contribution is 5.85. The van der Waals surface area contributed by atoms with Crippen LogP contribution in [0.3, 0.4) is 0 Å². The lowest BCUT2D eigenvalue weighted by molar-refractivity contribution is 0.122. The highest BCUT2D eigenvalue weighted by atomic mass is 16.5. The first kappa shape index (κ1) is 17.4. The predicted molar refractivity (Wildman–Crippen MR) is 105 cm³/mol. The van der Waals surface area contributed by atoms with E-state index in [1.807, 2.05) is 36.4 Å². The number of imidazole rings is 1. The van der Waals surface area contributed by atoms with Gasteiger partial charge < -0.3 is 14.5 Å². The Balaban J connectivity index is 1.47. The number of ether oxygens (including phenoxy) is 1. The Bertz CT molecular complexity index is 933. The molecule has 3 aromatic rings. The summed E-state index contributed by atoms with van der Waals surface area (Å²) in [6, 6.07) is 15.7. The van der Waals surface area contributed by atoms with Crippen LogP contribution in [-0.4, -0.2) is 53.9 Å². The molecule has 0 bridgehead atoms. The van der Waals surface area contributed by atoms with Crippen molar-refractivity contribution in [3.63, 3.8) is 0 Å². The summed E-state index contributed by atoms with van der Waals surface area (Å²) in [5, 5.41) is 0. The van der Waals surface area contributed by atoms with E-state index in [0.717, 1.165) is 48.6 Å². The van der Waals surface area contributed by atoms with E-state index in [4.69, 9.17) is 4.74 Å². The minimum Gasteiger partial charge on any atom is -0.378 e. The zero-order valence-corrected chi connectivity index (χ0v) is 15.3. The van der Waals surface area contributed by atoms with E-state index in [9.17, 15) is 4.79 Å². The van der Waals surface area contributed by atoms with Crippen LogP contribution in [0.25, 0.3) is 11.0 Å². The fourth-order valence-corrected chi connectivity index (χ4v) is 3.32. The highest BCUT2D eigenvalue weighted by Crippen LogP contribution is 2.22. The Labute approximate surface area is 158 Å². The number of carbonyl (C=O) groups is 1. The molecule has 0 aliphatic carbocycles. The van der Waals surface area contributed by atoms with Crippen molar-refractivity contribution in [2.45, 2.75) is 6.54 Å². The number of aromatic nitrogens is 2. The van der Waals surface area contributed by atoms with E-state index in [1.54, 1.807) is 23.0 Å². The molecular weight excluding hydrogens is 342 g/mol. The first-order valence-electron chi connectivity index (χ1n) is 9.07. The number of morpholine rings is 1. The van der Waals surface area contributed by atoms with Gasteiger partial charge in [-0.05, 0) is 23.8 Å². The zero-order chi connectivity index (χ0) is 18.6. The van der Waals surface area contributed by atoms with Crippen molar-refractivity contribution in [2.24, 2.45) is 0 Å². The molecule has 2 amide bonds. The third-order valence-electron chi connectivity index (χ3n) is 4.77. The van der Waals surface area contributed by atoms with Crippen molar-refractivity contribution in [2.75, 3.05) is 43.7 Å². The van der Waals surface area contributed by atoms with Crippen LogP contribution in [0.5, 0.6) is 0 Å². The fourth-order valence-electron chi connectivity index (χ4n) is 3.32. The van der Waals surface area contributed by atoms with E-state index in [0.29, 0.717) is 6.54 Å². The maximum atomic E-state index is 12.7. The van der Waals surface area contributed by atoms with Gasteiger partial charge in [0.05, 0.1) is 24.2 Å². The van der Waals surface area contributed by atoms with Gasteiger partial charge >= 0.3 is 6.03 Å². The summed E-state index contributed by atoms with van der Waals surface area (Å²) in [5.41, 5.74) is 6.88. The number of carbonyl (C=O) groups excluding carboxylic acids is 1. The van der Waals surface area contributed by atoms with Gasteiger partial charge in [0, 0.05) is 32.4 Å². The number of hydrogen-bond donors (Lipinski definition) is 1. The van der Waals surface area contributed by atoms with Crippen LogP contribution in [0.2, 0.25) is 0 Å². The van der Waals surface area contributed by atoms with Gasteiger partial charge in [-0.2, -0.15) is 0 Å². The molecule has 140 valence electrons. The van der Waals surface area contributed by atoms with E-state index in [2.05, 4.69) is 27.4 Å². The lowest BCUT2D eigenvalue weighted by Gasteiger charge is -2.31. The molecule has 1 saturated heterocycles. The molecule has 0 spiro atoms. The minimum atomic E-state index is -0.185. The number of para-hydroxylation sites is 3. The molecule has 2 aromatic carbocycles. The Morgan fingerprint density at radius 1 is 1.15 bits per heavy atom. The third kappa shape index (κ3) is 3.73. The summed E-state index contributed by atoms with van der Waals surface area (Å²) in [6.45, 7) is 3.73. The average molecular weight is 365 g/mol. The minimum absolute atomic E-state index is 0.185. The largest absolute Gasteiger partial charge is 0.378 e. The average Bonchev–Trinajstić information content (AvgIpc) is 3.12. The number of nitrogens with zero attached hydrogens (tertiary/aromatic N) is 4. The van der Waals surface area contributed by atoms with Crippen LogP contribution in [-0.2, 0) is 11.3 Å². The Kier molecular flexibility index (Phi) is 4.93. The second kappa shape index (κ2) is 7.67. The summed E-state index contributed by atoms with van der Waals surface area (Å²) in [4.78, 5) is 21.0. The predicted octanol–water partition coefficient (Wildman–Crippen LogP) is 2.67. The van der Waals surface area contributed by atoms with E-state index >= 15 is 0 Å². The molecule has 1 aliphatic heterocycles. The summed E-state index contributed by atoms with van der Waals surface area (Å²) < 4.78 is 7.10. The Hall–Kier alpha value is -3.06. The number of nitrogens with one attached hydrogen (secondary N) is 1. The van der Waals surface area contributed by atoms with Crippen molar-refractivity contribution in [1.29, 1.82) is 0 Å². The monoisotopic (exact) mass is 365 g/mol. The molecular formula is C20H23N5O2. The number of benzene rings is 2. The number of rotatable bonds is 4. The number of hydrogen-bond acceptors (Lipinski definition) is 4. The Morgan fingerprint density at radius 3 is 2.74 bits per heavy atom. The molecule has 2 heterocycles. The van der Waals surface area contributed by atoms with Gasteiger partial charge in [-0.3, -0.25) is 0 Å². The van der Waals surface area contributed by atoms with Gasteiger partial charge in [0.15, 0.2) is 0 Å². The van der Waals surface area contributed by atoms with Gasteiger partial charge in [0.1, 0.15) is 6.33 Å². The second-order valence-electron chi connectivity index (χ2n) is 6.60. The maximum absolute atomic E-state index is 12.7. The number of anilines is 1. The highest BCUT2D eigenvalue weighted by Gasteiger charge is 2.17. The molecule has 0 atom stereocenters. The lowest BCUT2D eigenvalue weighted by atomic mass is 10.1. The molecule has 1 N–H and O–H groups in total. The van der Waals surface area contributed by atoms with Crippen molar-refractivity contribution in [3.05, 3.63) is 60.4 Å². The molecule has 0 unspecified atom stereocenters. The van der Waals surface area contributed by atoms with Crippen LogP contribution in [0.1, 0.15) is 5.56 Å². The molecule has 1 aliphatic rings. The van der Waals surface area contributed by atoms with E-state index in [-0.39, 0.29) is 6.03 Å². The van der Waals surface area contributed by atoms with Gasteiger partial charge in [-0.25, -0.2) is 19.9 Å². The molecule has 0 radical (unpaired) electrons. The van der Waals surface area contributed by atoms with Crippen molar-refractivity contribution >= 4 is 22.8 Å². The summed E-state index contributed by atoms with van der Waals surface area (Å²) in [5.74, 6) is 0. The maximum Gasteiger partial charge on any atom is 0.336 e. The van der Waals surface area contributed by atoms with Crippen LogP contribution in [0, 0.1) is 0 Å². The van der Waals surface area contributed by atoms with Crippen LogP contribution in [0.4, 0.5) is 10.5 Å². The number of fused-ring (bicyclic) bond motifs is 1. The molecule has 27 heavy (non-hydrogen) atoms. The SMILES string of the molecule is CN(Cc1ccccc1N1CCOCC1)C(=O)Nn1cnc2ccccc21. The van der Waals surface area contributed by atoms with E-state index in [1.165, 1.54) is 0 Å². The number of urea groups is 1.